The third-order valence-electron chi connectivity index (χ3n) is 5.73. The van der Waals surface area contributed by atoms with Crippen LogP contribution in [0.1, 0.15) is 22.7 Å². The summed E-state index contributed by atoms with van der Waals surface area (Å²) in [6, 6.07) is 16.8. The van der Waals surface area contributed by atoms with E-state index in [-0.39, 0.29) is 21.8 Å². The standard InChI is InChI=1S/C26H19FN2O4S/c1-14-10-11-19-20(12-14)34-26(28-19)29-22(17-8-3-4-9-18(17)27)21(24(31)25(29)32)23(30)15-6-5-7-16(13-15)33-2/h3-13,22,30H,1-2H3/b23-21+. The van der Waals surface area contributed by atoms with Crippen molar-refractivity contribution < 1.29 is 23.8 Å². The highest BCUT2D eigenvalue weighted by Gasteiger charge is 2.49. The summed E-state index contributed by atoms with van der Waals surface area (Å²) in [5.74, 6) is -2.35. The van der Waals surface area contributed by atoms with E-state index in [1.54, 1.807) is 30.3 Å². The van der Waals surface area contributed by atoms with Gasteiger partial charge in [-0.3, -0.25) is 14.5 Å². The van der Waals surface area contributed by atoms with Gasteiger partial charge in [0, 0.05) is 11.1 Å². The molecule has 6 nitrogen and oxygen atoms in total. The molecule has 34 heavy (non-hydrogen) atoms. The maximum atomic E-state index is 15.0. The van der Waals surface area contributed by atoms with Crippen molar-refractivity contribution in [1.82, 2.24) is 4.98 Å². The molecule has 0 saturated carbocycles. The van der Waals surface area contributed by atoms with Gasteiger partial charge in [0.1, 0.15) is 23.4 Å². The number of halogens is 1. The van der Waals surface area contributed by atoms with Crippen LogP contribution in [0.15, 0.2) is 72.3 Å². The summed E-state index contributed by atoms with van der Waals surface area (Å²) in [7, 11) is 1.48. The Bertz CT molecular complexity index is 1490. The van der Waals surface area contributed by atoms with Crippen molar-refractivity contribution in [2.45, 2.75) is 13.0 Å². The third-order valence-corrected chi connectivity index (χ3v) is 6.74. The molecule has 1 unspecified atom stereocenters. The van der Waals surface area contributed by atoms with Gasteiger partial charge in [0.2, 0.25) is 0 Å². The zero-order valence-electron chi connectivity index (χ0n) is 18.3. The van der Waals surface area contributed by atoms with Crippen molar-refractivity contribution in [3.63, 3.8) is 0 Å². The van der Waals surface area contributed by atoms with Gasteiger partial charge >= 0.3 is 5.91 Å². The van der Waals surface area contributed by atoms with E-state index in [9.17, 15) is 14.7 Å². The number of rotatable bonds is 4. The molecule has 1 N–H and O–H groups in total. The average Bonchev–Trinajstić information content (AvgIpc) is 3.36. The molecule has 1 fully saturated rings. The Morgan fingerprint density at radius 3 is 2.65 bits per heavy atom. The Labute approximate surface area is 198 Å². The quantitative estimate of drug-likeness (QED) is 0.244. The largest absolute Gasteiger partial charge is 0.507 e. The SMILES string of the molecule is COc1cccc(/C(O)=C2\C(=O)C(=O)N(c3nc4ccc(C)cc4s3)C2c2ccccc2F)c1. The fourth-order valence-corrected chi connectivity index (χ4v) is 5.16. The number of ketones is 1. The molecule has 1 saturated heterocycles. The molecule has 0 radical (unpaired) electrons. The van der Waals surface area contributed by atoms with Crippen LogP contribution in [0.2, 0.25) is 0 Å². The van der Waals surface area contributed by atoms with E-state index >= 15 is 4.39 Å². The summed E-state index contributed by atoms with van der Waals surface area (Å²) < 4.78 is 21.1. The molecule has 1 aliphatic heterocycles. The number of Topliss-reactive ketones (excluding diaryl/α,β-unsaturated/α-hetero) is 1. The van der Waals surface area contributed by atoms with E-state index in [0.717, 1.165) is 10.3 Å². The van der Waals surface area contributed by atoms with Gasteiger partial charge in [-0.2, -0.15) is 0 Å². The fourth-order valence-electron chi connectivity index (χ4n) is 4.07. The molecule has 1 amide bonds. The molecule has 1 aliphatic rings. The van der Waals surface area contributed by atoms with Crippen molar-refractivity contribution in [3.05, 3.63) is 94.8 Å². The van der Waals surface area contributed by atoms with Crippen LogP contribution in [-0.4, -0.2) is 28.9 Å². The first kappa shape index (κ1) is 21.8. The number of methoxy groups -OCH3 is 1. The minimum atomic E-state index is -1.19. The van der Waals surface area contributed by atoms with Gasteiger partial charge in [-0.15, -0.1) is 0 Å². The minimum absolute atomic E-state index is 0.0848. The van der Waals surface area contributed by atoms with Crippen LogP contribution in [0.4, 0.5) is 9.52 Å². The van der Waals surface area contributed by atoms with Crippen LogP contribution in [0, 0.1) is 12.7 Å². The monoisotopic (exact) mass is 474 g/mol. The molecular formula is C26H19FN2O4S. The number of hydrogen-bond donors (Lipinski definition) is 1. The number of amides is 1. The molecule has 1 aromatic heterocycles. The summed E-state index contributed by atoms with van der Waals surface area (Å²) in [5, 5.41) is 11.4. The summed E-state index contributed by atoms with van der Waals surface area (Å²) >= 11 is 1.23. The first-order valence-corrected chi connectivity index (χ1v) is 11.3. The summed E-state index contributed by atoms with van der Waals surface area (Å²) in [6.45, 7) is 1.94. The zero-order chi connectivity index (χ0) is 24.0. The topological polar surface area (TPSA) is 79.7 Å². The number of benzene rings is 3. The number of carbonyl (C=O) groups is 2. The summed E-state index contributed by atoms with van der Waals surface area (Å²) in [4.78, 5) is 32.2. The van der Waals surface area contributed by atoms with Crippen molar-refractivity contribution in [2.75, 3.05) is 12.0 Å². The normalized spacial score (nSPS) is 17.5. The van der Waals surface area contributed by atoms with Crippen LogP contribution >= 0.6 is 11.3 Å². The Morgan fingerprint density at radius 2 is 1.88 bits per heavy atom. The van der Waals surface area contributed by atoms with Gasteiger partial charge in [0.15, 0.2) is 5.13 Å². The highest BCUT2D eigenvalue weighted by atomic mass is 32.1. The molecule has 1 atom stereocenters. The number of thiazole rings is 1. The van der Waals surface area contributed by atoms with Gasteiger partial charge in [-0.05, 0) is 42.8 Å². The fraction of sp³-hybridized carbons (Fsp3) is 0.115. The van der Waals surface area contributed by atoms with Crippen LogP contribution in [0.5, 0.6) is 5.75 Å². The first-order chi connectivity index (χ1) is 16.4. The summed E-state index contributed by atoms with van der Waals surface area (Å²) in [5.41, 5.74) is 1.83. The van der Waals surface area contributed by atoms with Gasteiger partial charge in [0.05, 0.1) is 22.9 Å². The molecule has 0 bridgehead atoms. The minimum Gasteiger partial charge on any atom is -0.507 e. The lowest BCUT2D eigenvalue weighted by molar-refractivity contribution is -0.132. The van der Waals surface area contributed by atoms with Crippen LogP contribution in [-0.2, 0) is 9.59 Å². The first-order valence-electron chi connectivity index (χ1n) is 10.5. The lowest BCUT2D eigenvalue weighted by Crippen LogP contribution is -2.29. The van der Waals surface area contributed by atoms with Crippen molar-refractivity contribution in [1.29, 1.82) is 0 Å². The molecule has 0 aliphatic carbocycles. The van der Waals surface area contributed by atoms with E-state index in [1.807, 2.05) is 25.1 Å². The number of nitrogens with zero attached hydrogens (tertiary/aromatic N) is 2. The van der Waals surface area contributed by atoms with Gasteiger partial charge in [0.25, 0.3) is 5.78 Å². The Kier molecular flexibility index (Phi) is 5.37. The number of aryl methyl sites for hydroxylation is 1. The predicted molar refractivity (Wildman–Crippen MR) is 129 cm³/mol. The second-order valence-electron chi connectivity index (χ2n) is 7.89. The average molecular weight is 475 g/mol. The Hall–Kier alpha value is -4.04. The number of aliphatic hydroxyl groups excluding tert-OH is 1. The third kappa shape index (κ3) is 3.52. The molecule has 4 aromatic rings. The number of hydrogen-bond acceptors (Lipinski definition) is 6. The smallest absolute Gasteiger partial charge is 0.301 e. The van der Waals surface area contributed by atoms with Gasteiger partial charge in [-0.1, -0.05) is 47.7 Å². The van der Waals surface area contributed by atoms with Crippen LogP contribution < -0.4 is 9.64 Å². The van der Waals surface area contributed by atoms with E-state index < -0.39 is 29.3 Å². The lowest BCUT2D eigenvalue weighted by atomic mass is 9.95. The van der Waals surface area contributed by atoms with Crippen molar-refractivity contribution >= 4 is 44.1 Å². The summed E-state index contributed by atoms with van der Waals surface area (Å²) in [6.07, 6.45) is 0. The van der Waals surface area contributed by atoms with Crippen molar-refractivity contribution in [3.8, 4) is 5.75 Å². The van der Waals surface area contributed by atoms with E-state index in [2.05, 4.69) is 4.98 Å². The molecule has 170 valence electrons. The molecule has 5 rings (SSSR count). The van der Waals surface area contributed by atoms with Gasteiger partial charge < -0.3 is 9.84 Å². The Balaban J connectivity index is 1.75. The number of anilines is 1. The number of carbonyl (C=O) groups excluding carboxylic acids is 2. The molecule has 3 aromatic carbocycles. The Morgan fingerprint density at radius 1 is 1.09 bits per heavy atom. The number of fused-ring (bicyclic) bond motifs is 1. The van der Waals surface area contributed by atoms with Crippen molar-refractivity contribution in [2.24, 2.45) is 0 Å². The number of aliphatic hydroxyl groups is 1. The molecule has 0 spiro atoms. The second kappa shape index (κ2) is 8.39. The number of aromatic nitrogens is 1. The maximum Gasteiger partial charge on any atom is 0.301 e. The predicted octanol–water partition coefficient (Wildman–Crippen LogP) is 5.38. The zero-order valence-corrected chi connectivity index (χ0v) is 19.1. The van der Waals surface area contributed by atoms with Crippen LogP contribution in [0.25, 0.3) is 16.0 Å². The van der Waals surface area contributed by atoms with Crippen LogP contribution in [0.3, 0.4) is 0 Å². The van der Waals surface area contributed by atoms with E-state index in [0.29, 0.717) is 11.3 Å². The molecule has 2 heterocycles. The lowest BCUT2D eigenvalue weighted by Gasteiger charge is -2.23. The number of ether oxygens (including phenoxy) is 1. The maximum absolute atomic E-state index is 15.0. The van der Waals surface area contributed by atoms with E-state index in [1.165, 1.54) is 41.5 Å². The van der Waals surface area contributed by atoms with Gasteiger partial charge in [-0.25, -0.2) is 9.37 Å². The second-order valence-corrected chi connectivity index (χ2v) is 8.90. The molecule has 8 heteroatoms. The molecular weight excluding hydrogens is 455 g/mol. The highest BCUT2D eigenvalue weighted by Crippen LogP contribution is 2.45. The highest BCUT2D eigenvalue weighted by molar-refractivity contribution is 7.22. The van der Waals surface area contributed by atoms with E-state index in [4.69, 9.17) is 4.74 Å².